The molecule has 4 aromatic rings. The summed E-state index contributed by atoms with van der Waals surface area (Å²) < 4.78 is 7.92. The molecule has 0 bridgehead atoms. The van der Waals surface area contributed by atoms with E-state index in [4.69, 9.17) is 4.74 Å². The van der Waals surface area contributed by atoms with Crippen LogP contribution in [0.3, 0.4) is 0 Å². The van der Waals surface area contributed by atoms with Gasteiger partial charge in [0.2, 0.25) is 0 Å². The Kier molecular flexibility index (Phi) is 6.50. The number of quaternary nitrogens is 1. The molecule has 5 nitrogen and oxygen atoms in total. The van der Waals surface area contributed by atoms with Gasteiger partial charge in [-0.25, -0.2) is 0 Å². The molecule has 1 fully saturated rings. The average Bonchev–Trinajstić information content (AvgIpc) is 3.23. The largest absolute Gasteiger partial charge is 0.508 e. The molecule has 0 saturated carbocycles. The minimum atomic E-state index is -0.0806. The zero-order chi connectivity index (χ0) is 24.4. The van der Waals surface area contributed by atoms with Crippen LogP contribution in [0.2, 0.25) is 0 Å². The fourth-order valence-electron chi connectivity index (χ4n) is 4.86. The molecule has 0 amide bonds. The normalized spacial score (nSPS) is 15.2. The summed E-state index contributed by atoms with van der Waals surface area (Å²) in [6.07, 6.45) is 3.91. The van der Waals surface area contributed by atoms with Crippen molar-refractivity contribution in [3.63, 3.8) is 0 Å². The van der Waals surface area contributed by atoms with Crippen LogP contribution >= 0.6 is 11.3 Å². The molecule has 3 aromatic carbocycles. The second-order valence-electron chi connectivity index (χ2n) is 9.59. The van der Waals surface area contributed by atoms with Gasteiger partial charge in [-0.05, 0) is 91.6 Å². The fourth-order valence-corrected chi connectivity index (χ4v) is 6.10. The van der Waals surface area contributed by atoms with E-state index in [1.165, 1.54) is 43.7 Å². The number of likely N-dealkylation sites (N-methyl/N-ethyl adjacent to an activating group) is 1. The van der Waals surface area contributed by atoms with Crippen LogP contribution in [0.5, 0.6) is 17.2 Å². The fraction of sp³-hybridized carbons (Fsp3) is 0.276. The van der Waals surface area contributed by atoms with E-state index >= 15 is 0 Å². The van der Waals surface area contributed by atoms with E-state index in [0.717, 1.165) is 37.3 Å². The van der Waals surface area contributed by atoms with Crippen molar-refractivity contribution in [2.45, 2.75) is 19.3 Å². The van der Waals surface area contributed by atoms with Crippen LogP contribution in [0, 0.1) is 0 Å². The highest BCUT2D eigenvalue weighted by molar-refractivity contribution is 7.22. The Bertz CT molecular complexity index is 1340. The number of thiophene rings is 1. The van der Waals surface area contributed by atoms with Gasteiger partial charge in [0, 0.05) is 26.1 Å². The van der Waals surface area contributed by atoms with Gasteiger partial charge in [-0.3, -0.25) is 4.79 Å². The van der Waals surface area contributed by atoms with Crippen LogP contribution in [0.1, 0.15) is 35.2 Å². The van der Waals surface area contributed by atoms with Crippen LogP contribution in [-0.2, 0) is 0 Å². The van der Waals surface area contributed by atoms with Crippen molar-refractivity contribution in [3.05, 3.63) is 77.9 Å². The van der Waals surface area contributed by atoms with Gasteiger partial charge in [-0.1, -0.05) is 0 Å². The van der Waals surface area contributed by atoms with Gasteiger partial charge in [0.25, 0.3) is 0 Å². The van der Waals surface area contributed by atoms with Crippen molar-refractivity contribution in [1.29, 1.82) is 0 Å². The Morgan fingerprint density at radius 1 is 0.914 bits per heavy atom. The molecule has 1 saturated heterocycles. The molecule has 1 aromatic heterocycles. The van der Waals surface area contributed by atoms with Gasteiger partial charge in [0.1, 0.15) is 30.4 Å². The Labute approximate surface area is 209 Å². The van der Waals surface area contributed by atoms with Gasteiger partial charge in [0.05, 0.1) is 20.1 Å². The van der Waals surface area contributed by atoms with E-state index in [1.807, 2.05) is 24.3 Å². The van der Waals surface area contributed by atoms with E-state index in [0.29, 0.717) is 17.7 Å². The number of carbonyl (C=O) groups excluding carboxylic acids is 1. The smallest absolute Gasteiger partial charge is 0.195 e. The highest BCUT2D eigenvalue weighted by atomic mass is 32.1. The highest BCUT2D eigenvalue weighted by Crippen LogP contribution is 2.41. The second-order valence-corrected chi connectivity index (χ2v) is 10.6. The molecule has 2 heterocycles. The molecular weight excluding hydrogens is 458 g/mol. The third kappa shape index (κ3) is 5.04. The number of piperidine rings is 1. The molecule has 1 aliphatic heterocycles. The van der Waals surface area contributed by atoms with Crippen LogP contribution in [0.15, 0.2) is 66.7 Å². The van der Waals surface area contributed by atoms with Crippen molar-refractivity contribution in [1.82, 2.24) is 0 Å². The highest BCUT2D eigenvalue weighted by Gasteiger charge is 2.25. The van der Waals surface area contributed by atoms with Crippen LogP contribution in [-0.4, -0.2) is 53.8 Å². The SMILES string of the molecule is C[N+]1(CCOc2ccc(C(=O)c3c(-c4ccc(O)cc4)sc4cc(O)ccc34)cc2)CCCCC1. The summed E-state index contributed by atoms with van der Waals surface area (Å²) in [6.45, 7) is 4.08. The minimum absolute atomic E-state index is 0.0806. The third-order valence-electron chi connectivity index (χ3n) is 6.94. The molecule has 1 aliphatic rings. The lowest BCUT2D eigenvalue weighted by Gasteiger charge is -2.37. The first-order chi connectivity index (χ1) is 16.9. The number of likely N-dealkylation sites (tertiary alicyclic amines) is 1. The number of phenolic OH excluding ortho intramolecular Hbond substituents is 2. The van der Waals surface area contributed by atoms with Crippen LogP contribution in [0.4, 0.5) is 0 Å². The number of fused-ring (bicyclic) bond motifs is 1. The lowest BCUT2D eigenvalue weighted by Crippen LogP contribution is -2.50. The standard InChI is InChI=1S/C29H29NO4S/c1-30(15-3-2-4-16-30)17-18-34-24-12-7-20(8-13-24)28(33)27-25-14-11-23(32)19-26(25)35-29(27)21-5-9-22(31)10-6-21/h5-14,19H,2-4,15-18H2,1H3,(H-,31,32,33)/p+1. The zero-order valence-electron chi connectivity index (χ0n) is 19.9. The number of aromatic hydroxyl groups is 2. The van der Waals surface area contributed by atoms with Crippen molar-refractivity contribution in [3.8, 4) is 27.7 Å². The number of rotatable bonds is 7. The molecule has 0 aliphatic carbocycles. The van der Waals surface area contributed by atoms with Gasteiger partial charge >= 0.3 is 0 Å². The Morgan fingerprint density at radius 3 is 2.31 bits per heavy atom. The van der Waals surface area contributed by atoms with Gasteiger partial charge in [-0.2, -0.15) is 0 Å². The molecule has 5 rings (SSSR count). The van der Waals surface area contributed by atoms with Crippen molar-refractivity contribution in [2.24, 2.45) is 0 Å². The molecule has 35 heavy (non-hydrogen) atoms. The summed E-state index contributed by atoms with van der Waals surface area (Å²) in [5, 5.41) is 20.5. The molecule has 0 spiro atoms. The molecule has 0 radical (unpaired) electrons. The van der Waals surface area contributed by atoms with E-state index in [1.54, 1.807) is 42.5 Å². The quantitative estimate of drug-likeness (QED) is 0.239. The van der Waals surface area contributed by atoms with Gasteiger partial charge < -0.3 is 19.4 Å². The van der Waals surface area contributed by atoms with Crippen molar-refractivity contribution in [2.75, 3.05) is 33.3 Å². The molecular formula is C29H30NO4S+. The average molecular weight is 489 g/mol. The molecule has 180 valence electrons. The Hall–Kier alpha value is -3.35. The number of ketones is 1. The molecule has 0 unspecified atom stereocenters. The monoisotopic (exact) mass is 488 g/mol. The summed E-state index contributed by atoms with van der Waals surface area (Å²) in [6, 6.07) is 19.3. The first kappa shape index (κ1) is 23.4. The second kappa shape index (κ2) is 9.72. The number of hydrogen-bond acceptors (Lipinski definition) is 5. The first-order valence-electron chi connectivity index (χ1n) is 12.1. The topological polar surface area (TPSA) is 66.8 Å². The summed E-state index contributed by atoms with van der Waals surface area (Å²) in [4.78, 5) is 14.5. The Morgan fingerprint density at radius 2 is 1.60 bits per heavy atom. The number of phenols is 2. The van der Waals surface area contributed by atoms with Crippen LogP contribution < -0.4 is 4.74 Å². The predicted molar refractivity (Wildman–Crippen MR) is 141 cm³/mol. The van der Waals surface area contributed by atoms with Gasteiger partial charge in [-0.15, -0.1) is 11.3 Å². The summed E-state index contributed by atoms with van der Waals surface area (Å²) in [5.74, 6) is 1.02. The predicted octanol–water partition coefficient (Wildman–Crippen LogP) is 6.22. The maximum absolute atomic E-state index is 13.7. The Balaban J connectivity index is 1.38. The third-order valence-corrected chi connectivity index (χ3v) is 8.14. The number of ether oxygens (including phenoxy) is 1. The maximum Gasteiger partial charge on any atom is 0.195 e. The van der Waals surface area contributed by atoms with E-state index in [-0.39, 0.29) is 17.3 Å². The zero-order valence-corrected chi connectivity index (χ0v) is 20.7. The number of hydrogen-bond donors (Lipinski definition) is 2. The van der Waals surface area contributed by atoms with Crippen LogP contribution in [0.25, 0.3) is 20.5 Å². The lowest BCUT2D eigenvalue weighted by molar-refractivity contribution is -0.914. The number of benzene rings is 3. The number of carbonyl (C=O) groups is 1. The maximum atomic E-state index is 13.7. The van der Waals surface area contributed by atoms with Crippen molar-refractivity contribution < 1.29 is 24.2 Å². The summed E-state index contributed by atoms with van der Waals surface area (Å²) >= 11 is 1.46. The summed E-state index contributed by atoms with van der Waals surface area (Å²) in [7, 11) is 2.31. The van der Waals surface area contributed by atoms with Gasteiger partial charge in [0.15, 0.2) is 5.78 Å². The van der Waals surface area contributed by atoms with E-state index in [2.05, 4.69) is 7.05 Å². The van der Waals surface area contributed by atoms with E-state index in [9.17, 15) is 15.0 Å². The van der Waals surface area contributed by atoms with E-state index < -0.39 is 0 Å². The number of nitrogens with zero attached hydrogens (tertiary/aromatic N) is 1. The molecule has 0 atom stereocenters. The minimum Gasteiger partial charge on any atom is -0.508 e. The van der Waals surface area contributed by atoms with Crippen molar-refractivity contribution >= 4 is 27.2 Å². The molecule has 6 heteroatoms. The lowest BCUT2D eigenvalue weighted by atomic mass is 9.97. The molecule has 2 N–H and O–H groups in total. The summed E-state index contributed by atoms with van der Waals surface area (Å²) in [5.41, 5.74) is 2.04. The first-order valence-corrected chi connectivity index (χ1v) is 12.9.